The van der Waals surface area contributed by atoms with Crippen LogP contribution in [0, 0.1) is 10.1 Å². The molecule has 9 nitrogen and oxygen atoms in total. The smallest absolute Gasteiger partial charge is 0.384 e. The van der Waals surface area contributed by atoms with Gasteiger partial charge in [0.15, 0.2) is 0 Å². The largest absolute Gasteiger partial charge is 0.398 e. The number of nitrogens with two attached hydrogens (primary N) is 1. The lowest BCUT2D eigenvalue weighted by molar-refractivity contribution is -0.388. The van der Waals surface area contributed by atoms with Crippen molar-refractivity contribution in [2.24, 2.45) is 7.05 Å². The zero-order valence-electron chi connectivity index (χ0n) is 15.4. The van der Waals surface area contributed by atoms with Crippen molar-refractivity contribution in [3.05, 3.63) is 44.7 Å². The molecule has 4 rings (SSSR count). The average molecular weight is 398 g/mol. The molecule has 0 atom stereocenters. The van der Waals surface area contributed by atoms with Crippen LogP contribution in [-0.4, -0.2) is 24.3 Å². The van der Waals surface area contributed by atoms with E-state index in [0.717, 1.165) is 27.7 Å². The average Bonchev–Trinajstić information content (AvgIpc) is 3.21. The second-order valence-electron chi connectivity index (χ2n) is 6.49. The molecule has 0 saturated carbocycles. The van der Waals surface area contributed by atoms with Gasteiger partial charge in [-0.05, 0) is 23.5 Å². The highest BCUT2D eigenvalue weighted by Gasteiger charge is 2.31. The molecular formula is C18H18N6O3S. The topological polar surface area (TPSA) is 122 Å². The first-order valence-corrected chi connectivity index (χ1v) is 9.65. The van der Waals surface area contributed by atoms with E-state index >= 15 is 0 Å². The number of fused-ring (bicyclic) bond motifs is 2. The molecule has 3 heterocycles. The molecule has 0 spiro atoms. The van der Waals surface area contributed by atoms with Crippen LogP contribution in [0.15, 0.2) is 29.1 Å². The summed E-state index contributed by atoms with van der Waals surface area (Å²) in [4.78, 5) is 28.6. The van der Waals surface area contributed by atoms with Gasteiger partial charge in [0, 0.05) is 6.54 Å². The molecule has 0 saturated heterocycles. The zero-order chi connectivity index (χ0) is 20.0. The summed E-state index contributed by atoms with van der Waals surface area (Å²) in [6.45, 7) is 2.51. The van der Waals surface area contributed by atoms with E-state index in [1.54, 1.807) is 4.57 Å². The highest BCUT2D eigenvalue weighted by Crippen LogP contribution is 2.42. The van der Waals surface area contributed by atoms with Gasteiger partial charge in [-0.1, -0.05) is 25.5 Å². The number of rotatable bonds is 5. The predicted molar refractivity (Wildman–Crippen MR) is 110 cm³/mol. The van der Waals surface area contributed by atoms with Gasteiger partial charge in [0.05, 0.1) is 27.9 Å². The number of hydrogen-bond donors (Lipinski definition) is 1. The summed E-state index contributed by atoms with van der Waals surface area (Å²) >= 11 is 1.38. The van der Waals surface area contributed by atoms with E-state index in [-0.39, 0.29) is 10.9 Å². The predicted octanol–water partition coefficient (Wildman–Crippen LogP) is 3.30. The molecular weight excluding hydrogens is 380 g/mol. The number of thiazole rings is 1. The summed E-state index contributed by atoms with van der Waals surface area (Å²) in [5.41, 5.74) is 7.39. The van der Waals surface area contributed by atoms with E-state index in [0.29, 0.717) is 22.9 Å². The van der Waals surface area contributed by atoms with Crippen LogP contribution in [0.25, 0.3) is 31.7 Å². The number of para-hydroxylation sites is 1. The number of nitrogens with zero attached hydrogens (tertiary/aromatic N) is 5. The van der Waals surface area contributed by atoms with Crippen LogP contribution in [0.2, 0.25) is 0 Å². The summed E-state index contributed by atoms with van der Waals surface area (Å²) < 4.78 is 3.59. The third-order valence-corrected chi connectivity index (χ3v) is 5.74. The Morgan fingerprint density at radius 1 is 1.32 bits per heavy atom. The van der Waals surface area contributed by atoms with Gasteiger partial charge in [-0.15, -0.1) is 16.0 Å². The molecule has 1 aromatic carbocycles. The Morgan fingerprint density at radius 3 is 2.75 bits per heavy atom. The molecule has 28 heavy (non-hydrogen) atoms. The maximum Gasteiger partial charge on any atom is 0.398 e. The van der Waals surface area contributed by atoms with Crippen molar-refractivity contribution in [2.75, 3.05) is 5.73 Å². The van der Waals surface area contributed by atoms with Crippen molar-refractivity contribution in [2.45, 2.75) is 26.3 Å². The molecule has 2 N–H and O–H groups in total. The molecule has 3 aromatic heterocycles. The van der Waals surface area contributed by atoms with Gasteiger partial charge in [-0.2, -0.15) is 0 Å². The Hall–Kier alpha value is -3.27. The van der Waals surface area contributed by atoms with E-state index in [2.05, 4.69) is 10.1 Å². The van der Waals surface area contributed by atoms with Crippen LogP contribution in [-0.2, 0) is 13.6 Å². The van der Waals surface area contributed by atoms with E-state index in [4.69, 9.17) is 5.73 Å². The number of nitro groups is 1. The number of benzene rings is 1. The SMILES string of the molecule is CCCCn1c(N)c(-c2nc3ccccc3s2)c2c([N+](=O)[O-])nn(C)c(=O)c21. The van der Waals surface area contributed by atoms with Crippen LogP contribution < -0.4 is 11.3 Å². The second-order valence-corrected chi connectivity index (χ2v) is 7.52. The van der Waals surface area contributed by atoms with Gasteiger partial charge in [-0.25, -0.2) is 4.98 Å². The van der Waals surface area contributed by atoms with Crippen LogP contribution in [0.3, 0.4) is 0 Å². The Balaban J connectivity index is 2.15. The molecule has 10 heteroatoms. The summed E-state index contributed by atoms with van der Waals surface area (Å²) in [5.74, 6) is -0.0935. The first-order valence-electron chi connectivity index (χ1n) is 8.83. The maximum absolute atomic E-state index is 12.8. The van der Waals surface area contributed by atoms with Gasteiger partial charge < -0.3 is 20.4 Å². The van der Waals surface area contributed by atoms with Gasteiger partial charge in [0.1, 0.15) is 21.7 Å². The zero-order valence-corrected chi connectivity index (χ0v) is 16.2. The fourth-order valence-corrected chi connectivity index (χ4v) is 4.37. The monoisotopic (exact) mass is 398 g/mol. The Labute approximate surface area is 163 Å². The molecule has 0 bridgehead atoms. The standard InChI is InChI=1S/C18H18N6O3S/c1-3-4-9-23-14-12(16(24(26)27)21-22(2)18(14)25)13(15(23)19)17-20-10-7-5-6-8-11(10)28-17/h5-8H,3-4,9,19H2,1-2H3. The van der Waals surface area contributed by atoms with Crippen LogP contribution in [0.4, 0.5) is 11.6 Å². The molecule has 4 aromatic rings. The fraction of sp³-hybridized carbons (Fsp3) is 0.278. The lowest BCUT2D eigenvalue weighted by Gasteiger charge is -2.06. The number of hydrogen-bond acceptors (Lipinski definition) is 7. The number of aryl methyl sites for hydroxylation is 2. The summed E-state index contributed by atoms with van der Waals surface area (Å²) in [5, 5.41) is 16.3. The first kappa shape index (κ1) is 18.1. The van der Waals surface area contributed by atoms with E-state index in [1.807, 2.05) is 31.2 Å². The van der Waals surface area contributed by atoms with Crippen LogP contribution in [0.1, 0.15) is 19.8 Å². The fourth-order valence-electron chi connectivity index (χ4n) is 3.34. The lowest BCUT2D eigenvalue weighted by Crippen LogP contribution is -2.23. The number of nitrogen functional groups attached to an aromatic ring is 1. The van der Waals surface area contributed by atoms with Crippen molar-refractivity contribution < 1.29 is 4.92 Å². The van der Waals surface area contributed by atoms with Crippen molar-refractivity contribution >= 4 is 44.1 Å². The Bertz CT molecular complexity index is 1250. The van der Waals surface area contributed by atoms with Crippen molar-refractivity contribution in [3.63, 3.8) is 0 Å². The van der Waals surface area contributed by atoms with Gasteiger partial charge in [0.25, 0.3) is 0 Å². The molecule has 0 aliphatic carbocycles. The Kier molecular flexibility index (Phi) is 4.34. The third-order valence-electron chi connectivity index (χ3n) is 4.68. The summed E-state index contributed by atoms with van der Waals surface area (Å²) in [7, 11) is 1.40. The maximum atomic E-state index is 12.8. The molecule has 0 unspecified atom stereocenters. The summed E-state index contributed by atoms with van der Waals surface area (Å²) in [6, 6.07) is 7.57. The highest BCUT2D eigenvalue weighted by molar-refractivity contribution is 7.21. The lowest BCUT2D eigenvalue weighted by atomic mass is 10.2. The minimum atomic E-state index is -0.581. The molecule has 0 fully saturated rings. The number of unbranched alkanes of at least 4 members (excludes halogenated alkanes) is 1. The molecule has 0 aliphatic heterocycles. The van der Waals surface area contributed by atoms with Crippen LogP contribution >= 0.6 is 11.3 Å². The van der Waals surface area contributed by atoms with E-state index in [9.17, 15) is 14.9 Å². The molecule has 144 valence electrons. The highest BCUT2D eigenvalue weighted by atomic mass is 32.1. The van der Waals surface area contributed by atoms with Crippen molar-refractivity contribution in [3.8, 4) is 10.6 Å². The third kappa shape index (κ3) is 2.64. The second kappa shape index (κ2) is 6.71. The number of aromatic nitrogens is 4. The quantitative estimate of drug-likeness (QED) is 0.406. The van der Waals surface area contributed by atoms with Crippen LogP contribution in [0.5, 0.6) is 0 Å². The minimum absolute atomic E-state index is 0.153. The van der Waals surface area contributed by atoms with Gasteiger partial charge in [0.2, 0.25) is 0 Å². The van der Waals surface area contributed by atoms with E-state index in [1.165, 1.54) is 18.4 Å². The minimum Gasteiger partial charge on any atom is -0.384 e. The normalized spacial score (nSPS) is 11.5. The molecule has 0 aliphatic rings. The number of anilines is 1. The van der Waals surface area contributed by atoms with Gasteiger partial charge in [-0.3, -0.25) is 4.79 Å². The van der Waals surface area contributed by atoms with Crippen molar-refractivity contribution in [1.29, 1.82) is 0 Å². The van der Waals surface area contributed by atoms with Crippen molar-refractivity contribution in [1.82, 2.24) is 19.3 Å². The molecule has 0 radical (unpaired) electrons. The molecule has 0 amide bonds. The summed E-state index contributed by atoms with van der Waals surface area (Å²) in [6.07, 6.45) is 1.68. The first-order chi connectivity index (χ1) is 13.4. The Morgan fingerprint density at radius 2 is 2.07 bits per heavy atom. The van der Waals surface area contributed by atoms with E-state index < -0.39 is 16.3 Å². The van der Waals surface area contributed by atoms with Gasteiger partial charge >= 0.3 is 11.4 Å².